The molecule has 2 rings (SSSR count). The quantitative estimate of drug-likeness (QED) is 0.518. The molecule has 0 saturated carbocycles. The maximum atomic E-state index is 12.2. The highest BCUT2D eigenvalue weighted by atomic mass is 35.5. The highest BCUT2D eigenvalue weighted by molar-refractivity contribution is 6.32. The third kappa shape index (κ3) is 6.84. The number of ether oxygens (including phenoxy) is 3. The van der Waals surface area contributed by atoms with Crippen LogP contribution in [0.4, 0.5) is 13.2 Å². The molecule has 0 amide bonds. The van der Waals surface area contributed by atoms with Gasteiger partial charge in [0, 0.05) is 17.2 Å². The van der Waals surface area contributed by atoms with Crippen molar-refractivity contribution in [1.29, 1.82) is 0 Å². The van der Waals surface area contributed by atoms with Crippen LogP contribution in [0, 0.1) is 0 Å². The Morgan fingerprint density at radius 2 is 1.61 bits per heavy atom. The minimum absolute atomic E-state index is 0.152. The van der Waals surface area contributed by atoms with E-state index in [9.17, 15) is 13.2 Å². The average molecular weight is 419 g/mol. The van der Waals surface area contributed by atoms with Gasteiger partial charge in [-0.05, 0) is 30.3 Å². The number of alkyl halides is 3. The van der Waals surface area contributed by atoms with Gasteiger partial charge in [-0.1, -0.05) is 25.4 Å². The Balaban J connectivity index is 0.00000190. The number of hydrogen-bond acceptors (Lipinski definition) is 4. The van der Waals surface area contributed by atoms with Crippen LogP contribution in [0.1, 0.15) is 25.0 Å². The Hall–Kier alpha value is -2.61. The number of nitrogens with zero attached hydrogens (tertiary/aromatic N) is 1. The van der Waals surface area contributed by atoms with Crippen LogP contribution in [-0.4, -0.2) is 26.4 Å². The molecule has 0 aliphatic rings. The van der Waals surface area contributed by atoms with Crippen LogP contribution in [0.15, 0.2) is 41.4 Å². The van der Waals surface area contributed by atoms with Gasteiger partial charge in [0.2, 0.25) is 0 Å². The third-order valence-corrected chi connectivity index (χ3v) is 3.65. The number of aliphatic imine (C=N–C) groups is 1. The first-order chi connectivity index (χ1) is 13.2. The number of methoxy groups -OCH3 is 2. The van der Waals surface area contributed by atoms with E-state index in [0.717, 1.165) is 12.1 Å². The smallest absolute Gasteiger partial charge is 0.496 e. The molecule has 28 heavy (non-hydrogen) atoms. The van der Waals surface area contributed by atoms with E-state index in [-0.39, 0.29) is 18.1 Å². The first-order valence-electron chi connectivity index (χ1n) is 8.30. The van der Waals surface area contributed by atoms with Crippen molar-refractivity contribution in [2.75, 3.05) is 14.2 Å². The first kappa shape index (κ1) is 23.4. The molecular weight excluding hydrogens is 397 g/mol. The Bertz CT molecular complexity index is 794. The monoisotopic (exact) mass is 418 g/mol. The topological polar surface area (TPSA) is 66.1 Å². The van der Waals surface area contributed by atoms with Gasteiger partial charge in [0.05, 0.1) is 25.8 Å². The zero-order chi connectivity index (χ0) is 21.3. The molecule has 154 valence electrons. The van der Waals surface area contributed by atoms with Crippen molar-refractivity contribution in [3.8, 4) is 17.2 Å². The van der Waals surface area contributed by atoms with E-state index in [4.69, 9.17) is 26.8 Å². The molecule has 0 radical (unpaired) electrons. The molecule has 0 bridgehead atoms. The van der Waals surface area contributed by atoms with Gasteiger partial charge >= 0.3 is 6.36 Å². The van der Waals surface area contributed by atoms with Gasteiger partial charge in [-0.25, -0.2) is 0 Å². The average Bonchev–Trinajstić information content (AvgIpc) is 2.67. The fourth-order valence-electron chi connectivity index (χ4n) is 2.14. The van der Waals surface area contributed by atoms with Gasteiger partial charge in [0.15, 0.2) is 0 Å². The van der Waals surface area contributed by atoms with Crippen molar-refractivity contribution in [3.63, 3.8) is 0 Å². The maximum Gasteiger partial charge on any atom is 0.573 e. The number of rotatable bonds is 6. The summed E-state index contributed by atoms with van der Waals surface area (Å²) in [4.78, 5) is 4.24. The van der Waals surface area contributed by atoms with E-state index >= 15 is 0 Å². The number of nitrogens with two attached hydrogens (primary N) is 1. The molecule has 0 unspecified atom stereocenters. The van der Waals surface area contributed by atoms with Crippen molar-refractivity contribution in [1.82, 2.24) is 0 Å². The van der Waals surface area contributed by atoms with Crippen molar-refractivity contribution in [3.05, 3.63) is 52.5 Å². The lowest BCUT2D eigenvalue weighted by Gasteiger charge is -2.11. The Kier molecular flexibility index (Phi) is 8.91. The van der Waals surface area contributed by atoms with Crippen molar-refractivity contribution in [2.24, 2.45) is 10.7 Å². The molecule has 0 heterocycles. The Morgan fingerprint density at radius 3 is 2.11 bits per heavy atom. The maximum absolute atomic E-state index is 12.2. The zero-order valence-electron chi connectivity index (χ0n) is 15.9. The van der Waals surface area contributed by atoms with Gasteiger partial charge in [-0.15, -0.1) is 13.2 Å². The van der Waals surface area contributed by atoms with E-state index in [1.807, 2.05) is 13.8 Å². The van der Waals surface area contributed by atoms with Crippen LogP contribution < -0.4 is 19.9 Å². The van der Waals surface area contributed by atoms with Gasteiger partial charge in [0.1, 0.15) is 23.1 Å². The molecular formula is C19H22ClF3N2O3. The summed E-state index contributed by atoms with van der Waals surface area (Å²) in [7, 11) is 2.98. The summed E-state index contributed by atoms with van der Waals surface area (Å²) >= 11 is 6.04. The molecule has 0 aliphatic carbocycles. The van der Waals surface area contributed by atoms with Crippen LogP contribution >= 0.6 is 11.6 Å². The van der Waals surface area contributed by atoms with Crippen LogP contribution in [-0.2, 0) is 6.54 Å². The molecule has 0 fully saturated rings. The van der Waals surface area contributed by atoms with E-state index < -0.39 is 6.36 Å². The molecule has 5 nitrogen and oxygen atoms in total. The first-order valence-corrected chi connectivity index (χ1v) is 8.68. The minimum atomic E-state index is -4.74. The second-order valence-corrected chi connectivity index (χ2v) is 5.48. The number of hydrogen-bond donors (Lipinski definition) is 1. The van der Waals surface area contributed by atoms with Gasteiger partial charge in [-0.2, -0.15) is 0 Å². The summed E-state index contributed by atoms with van der Waals surface area (Å²) < 4.78 is 50.7. The molecule has 0 aromatic heterocycles. The Labute approximate surface area is 166 Å². The fraction of sp³-hybridized carbons (Fsp3) is 0.316. The van der Waals surface area contributed by atoms with Crippen LogP contribution in [0.2, 0.25) is 5.02 Å². The lowest BCUT2D eigenvalue weighted by Crippen LogP contribution is -2.17. The molecule has 0 atom stereocenters. The normalized spacial score (nSPS) is 11.4. The van der Waals surface area contributed by atoms with E-state index in [2.05, 4.69) is 9.73 Å². The summed E-state index contributed by atoms with van der Waals surface area (Å²) in [6.07, 6.45) is -4.74. The SMILES string of the molecule is CC.COc1cc(CN=C(N)c2ccc(OC(F)(F)F)cc2)c(OC)cc1Cl. The van der Waals surface area contributed by atoms with E-state index in [1.165, 1.54) is 26.4 Å². The predicted molar refractivity (Wildman–Crippen MR) is 103 cm³/mol. The van der Waals surface area contributed by atoms with Crippen molar-refractivity contribution in [2.45, 2.75) is 26.8 Å². The third-order valence-electron chi connectivity index (χ3n) is 3.36. The molecule has 0 spiro atoms. The fourth-order valence-corrected chi connectivity index (χ4v) is 2.37. The zero-order valence-corrected chi connectivity index (χ0v) is 16.7. The van der Waals surface area contributed by atoms with Crippen LogP contribution in [0.3, 0.4) is 0 Å². The summed E-state index contributed by atoms with van der Waals surface area (Å²) in [5, 5.41) is 0.394. The highest BCUT2D eigenvalue weighted by Gasteiger charge is 2.30. The molecule has 0 saturated heterocycles. The van der Waals surface area contributed by atoms with E-state index in [1.54, 1.807) is 12.1 Å². The van der Waals surface area contributed by atoms with Gasteiger partial charge < -0.3 is 19.9 Å². The molecule has 2 aromatic carbocycles. The second-order valence-electron chi connectivity index (χ2n) is 5.07. The van der Waals surface area contributed by atoms with Crippen LogP contribution in [0.5, 0.6) is 17.2 Å². The predicted octanol–water partition coefficient (Wildman–Crippen LogP) is 5.19. The summed E-state index contributed by atoms with van der Waals surface area (Å²) in [5.41, 5.74) is 7.05. The van der Waals surface area contributed by atoms with Crippen LogP contribution in [0.25, 0.3) is 0 Å². The minimum Gasteiger partial charge on any atom is -0.496 e. The number of amidine groups is 1. The molecule has 9 heteroatoms. The van der Waals surface area contributed by atoms with E-state index in [0.29, 0.717) is 27.6 Å². The summed E-state index contributed by atoms with van der Waals surface area (Å²) in [5.74, 6) is 0.795. The number of benzene rings is 2. The van der Waals surface area contributed by atoms with Crippen molar-refractivity contribution >= 4 is 17.4 Å². The summed E-state index contributed by atoms with van der Waals surface area (Å²) in [6, 6.07) is 8.39. The lowest BCUT2D eigenvalue weighted by atomic mass is 10.1. The molecule has 2 N–H and O–H groups in total. The van der Waals surface area contributed by atoms with Gasteiger partial charge in [-0.3, -0.25) is 4.99 Å². The number of halogens is 4. The standard InChI is InChI=1S/C17H16ClF3N2O3.C2H6/c1-24-14-8-13(18)15(25-2)7-11(14)9-23-16(22)10-3-5-12(6-4-10)26-17(19,20)21;1-2/h3-8H,9H2,1-2H3,(H2,22,23);1-2H3. The molecule has 2 aromatic rings. The highest BCUT2D eigenvalue weighted by Crippen LogP contribution is 2.33. The second kappa shape index (κ2) is 10.7. The summed E-state index contributed by atoms with van der Waals surface area (Å²) in [6.45, 7) is 4.17. The van der Waals surface area contributed by atoms with Crippen molar-refractivity contribution < 1.29 is 27.4 Å². The Morgan fingerprint density at radius 1 is 1.04 bits per heavy atom. The largest absolute Gasteiger partial charge is 0.573 e. The van der Waals surface area contributed by atoms with Gasteiger partial charge in [0.25, 0.3) is 0 Å². The molecule has 0 aliphatic heterocycles. The lowest BCUT2D eigenvalue weighted by molar-refractivity contribution is -0.274.